The van der Waals surface area contributed by atoms with Crippen molar-refractivity contribution in [2.45, 2.75) is 52.1 Å². The Bertz CT molecular complexity index is 359. The van der Waals surface area contributed by atoms with Crippen molar-refractivity contribution in [1.29, 1.82) is 0 Å². The summed E-state index contributed by atoms with van der Waals surface area (Å²) in [7, 11) is 0. The second kappa shape index (κ2) is 6.74. The van der Waals surface area contributed by atoms with Gasteiger partial charge in [0.25, 0.3) is 0 Å². The standard InChI is InChI=1S/C15H25N3/c1-3-16-12-13-9-10-17-15(11-13)18(4-2)14-7-5-6-8-14/h9-11,14,16H,3-8,12H2,1-2H3. The Morgan fingerprint density at radius 1 is 1.33 bits per heavy atom. The van der Waals surface area contributed by atoms with Gasteiger partial charge in [-0.1, -0.05) is 19.8 Å². The Kier molecular flexibility index (Phi) is 5.00. The molecule has 0 radical (unpaired) electrons. The highest BCUT2D eigenvalue weighted by atomic mass is 15.2. The summed E-state index contributed by atoms with van der Waals surface area (Å²) >= 11 is 0. The number of hydrogen-bond acceptors (Lipinski definition) is 3. The van der Waals surface area contributed by atoms with Crippen molar-refractivity contribution in [1.82, 2.24) is 10.3 Å². The van der Waals surface area contributed by atoms with E-state index in [-0.39, 0.29) is 0 Å². The van der Waals surface area contributed by atoms with Gasteiger partial charge in [-0.15, -0.1) is 0 Å². The molecule has 2 rings (SSSR count). The maximum atomic E-state index is 4.56. The summed E-state index contributed by atoms with van der Waals surface area (Å²) in [5, 5.41) is 3.37. The molecule has 0 aromatic carbocycles. The molecule has 1 heterocycles. The van der Waals surface area contributed by atoms with Crippen LogP contribution < -0.4 is 10.2 Å². The average molecular weight is 247 g/mol. The zero-order valence-corrected chi connectivity index (χ0v) is 11.7. The van der Waals surface area contributed by atoms with E-state index in [9.17, 15) is 0 Å². The van der Waals surface area contributed by atoms with Gasteiger partial charge in [0.05, 0.1) is 0 Å². The molecule has 100 valence electrons. The first-order valence-electron chi connectivity index (χ1n) is 7.27. The zero-order valence-electron chi connectivity index (χ0n) is 11.7. The van der Waals surface area contributed by atoms with Gasteiger partial charge in [0.1, 0.15) is 5.82 Å². The smallest absolute Gasteiger partial charge is 0.129 e. The molecular formula is C15H25N3. The van der Waals surface area contributed by atoms with Crippen LogP contribution in [0.5, 0.6) is 0 Å². The zero-order chi connectivity index (χ0) is 12.8. The second-order valence-corrected chi connectivity index (χ2v) is 5.03. The molecule has 3 nitrogen and oxygen atoms in total. The highest BCUT2D eigenvalue weighted by Crippen LogP contribution is 2.27. The van der Waals surface area contributed by atoms with Gasteiger partial charge >= 0.3 is 0 Å². The third kappa shape index (κ3) is 3.22. The molecule has 18 heavy (non-hydrogen) atoms. The number of anilines is 1. The third-order valence-corrected chi connectivity index (χ3v) is 3.79. The predicted octanol–water partition coefficient (Wildman–Crippen LogP) is 2.96. The minimum atomic E-state index is 0.705. The lowest BCUT2D eigenvalue weighted by Crippen LogP contribution is -2.33. The third-order valence-electron chi connectivity index (χ3n) is 3.79. The van der Waals surface area contributed by atoms with Crippen molar-refractivity contribution in [2.24, 2.45) is 0 Å². The molecule has 0 aliphatic heterocycles. The van der Waals surface area contributed by atoms with E-state index in [4.69, 9.17) is 0 Å². The van der Waals surface area contributed by atoms with Gasteiger partial charge in [-0.25, -0.2) is 4.98 Å². The summed E-state index contributed by atoms with van der Waals surface area (Å²) in [4.78, 5) is 7.04. The van der Waals surface area contributed by atoms with E-state index >= 15 is 0 Å². The van der Waals surface area contributed by atoms with Crippen LogP contribution in [-0.4, -0.2) is 24.1 Å². The molecule has 0 unspecified atom stereocenters. The molecule has 1 aliphatic rings. The van der Waals surface area contributed by atoms with Gasteiger partial charge in [0.2, 0.25) is 0 Å². The minimum absolute atomic E-state index is 0.705. The first kappa shape index (κ1) is 13.3. The summed E-state index contributed by atoms with van der Waals surface area (Å²) in [6, 6.07) is 5.05. The van der Waals surface area contributed by atoms with E-state index in [0.717, 1.165) is 25.5 Å². The Morgan fingerprint density at radius 3 is 2.78 bits per heavy atom. The van der Waals surface area contributed by atoms with Crippen LogP contribution in [-0.2, 0) is 6.54 Å². The first-order valence-corrected chi connectivity index (χ1v) is 7.27. The largest absolute Gasteiger partial charge is 0.354 e. The molecule has 1 N–H and O–H groups in total. The van der Waals surface area contributed by atoms with E-state index < -0.39 is 0 Å². The molecule has 3 heteroatoms. The van der Waals surface area contributed by atoms with Gasteiger partial charge < -0.3 is 10.2 Å². The minimum Gasteiger partial charge on any atom is -0.354 e. The van der Waals surface area contributed by atoms with Crippen LogP contribution in [0.3, 0.4) is 0 Å². The number of nitrogens with zero attached hydrogens (tertiary/aromatic N) is 2. The topological polar surface area (TPSA) is 28.2 Å². The van der Waals surface area contributed by atoms with Crippen molar-refractivity contribution in [3.63, 3.8) is 0 Å². The fourth-order valence-electron chi connectivity index (χ4n) is 2.82. The lowest BCUT2D eigenvalue weighted by atomic mass is 10.2. The fourth-order valence-corrected chi connectivity index (χ4v) is 2.82. The van der Waals surface area contributed by atoms with E-state index in [1.165, 1.54) is 31.2 Å². The van der Waals surface area contributed by atoms with Crippen molar-refractivity contribution < 1.29 is 0 Å². The quantitative estimate of drug-likeness (QED) is 0.837. The Morgan fingerprint density at radius 2 is 2.11 bits per heavy atom. The van der Waals surface area contributed by atoms with Gasteiger partial charge in [-0.3, -0.25) is 0 Å². The number of nitrogens with one attached hydrogen (secondary N) is 1. The Labute approximate surface area is 111 Å². The first-order chi connectivity index (χ1) is 8.85. The van der Waals surface area contributed by atoms with Gasteiger partial charge in [-0.05, 0) is 44.0 Å². The van der Waals surface area contributed by atoms with Crippen molar-refractivity contribution in [3.05, 3.63) is 23.9 Å². The summed E-state index contributed by atoms with van der Waals surface area (Å²) in [5.74, 6) is 1.15. The second-order valence-electron chi connectivity index (χ2n) is 5.03. The van der Waals surface area contributed by atoms with Crippen molar-refractivity contribution in [2.75, 3.05) is 18.0 Å². The summed E-state index contributed by atoms with van der Waals surface area (Å²) < 4.78 is 0. The van der Waals surface area contributed by atoms with Crippen LogP contribution in [0.25, 0.3) is 0 Å². The predicted molar refractivity (Wildman–Crippen MR) is 76.9 cm³/mol. The summed E-state index contributed by atoms with van der Waals surface area (Å²) in [6.45, 7) is 7.38. The monoisotopic (exact) mass is 247 g/mol. The highest BCUT2D eigenvalue weighted by molar-refractivity contribution is 5.42. The summed E-state index contributed by atoms with van der Waals surface area (Å²) in [6.07, 6.45) is 7.34. The number of rotatable bonds is 6. The lowest BCUT2D eigenvalue weighted by Gasteiger charge is -2.29. The maximum Gasteiger partial charge on any atom is 0.129 e. The van der Waals surface area contributed by atoms with E-state index in [2.05, 4.69) is 41.2 Å². The molecule has 1 aromatic heterocycles. The molecule has 0 saturated heterocycles. The van der Waals surface area contributed by atoms with Gasteiger partial charge in [0.15, 0.2) is 0 Å². The van der Waals surface area contributed by atoms with E-state index in [1.54, 1.807) is 0 Å². The molecule has 1 fully saturated rings. The Balaban J connectivity index is 2.09. The molecule has 0 bridgehead atoms. The maximum absolute atomic E-state index is 4.56. The molecule has 0 spiro atoms. The number of aromatic nitrogens is 1. The summed E-state index contributed by atoms with van der Waals surface area (Å²) in [5.41, 5.74) is 1.33. The molecule has 1 saturated carbocycles. The Hall–Kier alpha value is -1.09. The van der Waals surface area contributed by atoms with Crippen LogP contribution in [0.2, 0.25) is 0 Å². The highest BCUT2D eigenvalue weighted by Gasteiger charge is 2.22. The number of pyridine rings is 1. The van der Waals surface area contributed by atoms with Crippen molar-refractivity contribution in [3.8, 4) is 0 Å². The van der Waals surface area contributed by atoms with Crippen LogP contribution in [0, 0.1) is 0 Å². The van der Waals surface area contributed by atoms with Gasteiger partial charge in [-0.2, -0.15) is 0 Å². The van der Waals surface area contributed by atoms with Crippen LogP contribution in [0.1, 0.15) is 45.1 Å². The van der Waals surface area contributed by atoms with Crippen LogP contribution in [0.15, 0.2) is 18.3 Å². The average Bonchev–Trinajstić information content (AvgIpc) is 2.92. The lowest BCUT2D eigenvalue weighted by molar-refractivity contribution is 0.612. The molecule has 1 aliphatic carbocycles. The molecular weight excluding hydrogens is 222 g/mol. The van der Waals surface area contributed by atoms with Crippen LogP contribution in [0.4, 0.5) is 5.82 Å². The normalized spacial score (nSPS) is 16.1. The molecule has 0 atom stereocenters. The number of hydrogen-bond donors (Lipinski definition) is 1. The van der Waals surface area contributed by atoms with Gasteiger partial charge in [0, 0.05) is 25.3 Å². The SMILES string of the molecule is CCNCc1ccnc(N(CC)C2CCCC2)c1. The van der Waals surface area contributed by atoms with Crippen LogP contribution >= 0.6 is 0 Å². The molecule has 1 aromatic rings. The fraction of sp³-hybridized carbons (Fsp3) is 0.667. The molecule has 0 amide bonds. The van der Waals surface area contributed by atoms with Crippen molar-refractivity contribution >= 4 is 5.82 Å². The van der Waals surface area contributed by atoms with E-state index in [0.29, 0.717) is 6.04 Å². The van der Waals surface area contributed by atoms with E-state index in [1.807, 2.05) is 6.20 Å².